The van der Waals surface area contributed by atoms with Crippen LogP contribution >= 0.6 is 0 Å². The summed E-state index contributed by atoms with van der Waals surface area (Å²) in [6.07, 6.45) is 0.861. The number of carbonyl (C=O) groups excluding carboxylic acids is 1. The third-order valence-corrected chi connectivity index (χ3v) is 2.82. The highest BCUT2D eigenvalue weighted by Gasteiger charge is 2.13. The molecule has 1 aromatic rings. The molecule has 0 aliphatic heterocycles. The van der Waals surface area contributed by atoms with E-state index in [2.05, 4.69) is 10.6 Å². The third kappa shape index (κ3) is 4.62. The van der Waals surface area contributed by atoms with Crippen molar-refractivity contribution in [3.05, 3.63) is 35.1 Å². The molecule has 0 saturated carbocycles. The van der Waals surface area contributed by atoms with Crippen LogP contribution in [0.25, 0.3) is 0 Å². The fourth-order valence-electron chi connectivity index (χ4n) is 1.61. The van der Waals surface area contributed by atoms with E-state index in [1.54, 1.807) is 6.92 Å². The summed E-state index contributed by atoms with van der Waals surface area (Å²) < 4.78 is 13.5. The molecule has 0 bridgehead atoms. The highest BCUT2D eigenvalue weighted by atomic mass is 19.1. The Morgan fingerprint density at radius 2 is 2.10 bits per heavy atom. The van der Waals surface area contributed by atoms with Gasteiger partial charge >= 0.3 is 5.97 Å². The zero-order chi connectivity index (χ0) is 15.1. The van der Waals surface area contributed by atoms with E-state index in [1.807, 2.05) is 6.92 Å². The molecule has 1 atom stereocenters. The second kappa shape index (κ2) is 7.59. The van der Waals surface area contributed by atoms with Gasteiger partial charge in [0.1, 0.15) is 5.82 Å². The highest BCUT2D eigenvalue weighted by Crippen LogP contribution is 2.10. The number of nitrogens with one attached hydrogen (secondary N) is 2. The number of amides is 1. The number of rotatable bonds is 7. The zero-order valence-corrected chi connectivity index (χ0v) is 11.6. The van der Waals surface area contributed by atoms with Crippen LogP contribution in [0.3, 0.4) is 0 Å². The van der Waals surface area contributed by atoms with E-state index in [0.29, 0.717) is 12.1 Å². The Bertz CT molecular complexity index is 491. The van der Waals surface area contributed by atoms with Crippen molar-refractivity contribution < 1.29 is 19.1 Å². The SMILES string of the molecule is CCCNC(=O)C(C)NCc1ccc(C(=O)O)c(F)c1. The Morgan fingerprint density at radius 1 is 1.40 bits per heavy atom. The summed E-state index contributed by atoms with van der Waals surface area (Å²) in [7, 11) is 0. The van der Waals surface area contributed by atoms with Crippen LogP contribution < -0.4 is 10.6 Å². The molecule has 3 N–H and O–H groups in total. The van der Waals surface area contributed by atoms with E-state index < -0.39 is 17.8 Å². The summed E-state index contributed by atoms with van der Waals surface area (Å²) in [5, 5.41) is 14.4. The fraction of sp³-hybridized carbons (Fsp3) is 0.429. The molecule has 1 amide bonds. The van der Waals surface area contributed by atoms with Gasteiger partial charge in [-0.25, -0.2) is 9.18 Å². The summed E-state index contributed by atoms with van der Waals surface area (Å²) >= 11 is 0. The molecule has 1 rings (SSSR count). The molecule has 0 aliphatic rings. The van der Waals surface area contributed by atoms with Crippen molar-refractivity contribution in [2.45, 2.75) is 32.9 Å². The van der Waals surface area contributed by atoms with Crippen molar-refractivity contribution in [1.82, 2.24) is 10.6 Å². The standard InChI is InChI=1S/C14H19FN2O3/c1-3-6-16-13(18)9(2)17-8-10-4-5-11(14(19)20)12(15)7-10/h4-5,7,9,17H,3,6,8H2,1-2H3,(H,16,18)(H,19,20). The van der Waals surface area contributed by atoms with Crippen molar-refractivity contribution in [3.63, 3.8) is 0 Å². The molecular formula is C14H19FN2O3. The summed E-state index contributed by atoms with van der Waals surface area (Å²) in [6.45, 7) is 4.59. The van der Waals surface area contributed by atoms with Crippen LogP contribution in [-0.4, -0.2) is 29.6 Å². The lowest BCUT2D eigenvalue weighted by molar-refractivity contribution is -0.122. The minimum absolute atomic E-state index is 0.116. The van der Waals surface area contributed by atoms with Gasteiger partial charge in [-0.3, -0.25) is 4.79 Å². The number of hydrogen-bond acceptors (Lipinski definition) is 3. The normalized spacial score (nSPS) is 11.9. The van der Waals surface area contributed by atoms with E-state index in [4.69, 9.17) is 5.11 Å². The van der Waals surface area contributed by atoms with Gasteiger partial charge in [-0.1, -0.05) is 13.0 Å². The van der Waals surface area contributed by atoms with E-state index >= 15 is 0 Å². The molecule has 0 fully saturated rings. The average Bonchev–Trinajstić information content (AvgIpc) is 2.41. The maximum Gasteiger partial charge on any atom is 0.338 e. The Hall–Kier alpha value is -1.95. The monoisotopic (exact) mass is 282 g/mol. The van der Waals surface area contributed by atoms with Gasteiger partial charge < -0.3 is 15.7 Å². The van der Waals surface area contributed by atoms with Crippen LogP contribution in [-0.2, 0) is 11.3 Å². The summed E-state index contributed by atoms with van der Waals surface area (Å²) in [4.78, 5) is 22.3. The first-order chi connectivity index (χ1) is 9.45. The van der Waals surface area contributed by atoms with Crippen LogP contribution in [0.4, 0.5) is 4.39 Å². The first kappa shape index (κ1) is 16.1. The molecule has 0 aromatic heterocycles. The number of halogens is 1. The van der Waals surface area contributed by atoms with Crippen molar-refractivity contribution in [2.24, 2.45) is 0 Å². The Kier molecular flexibility index (Phi) is 6.11. The lowest BCUT2D eigenvalue weighted by Gasteiger charge is -2.14. The molecule has 6 heteroatoms. The van der Waals surface area contributed by atoms with Crippen molar-refractivity contribution in [3.8, 4) is 0 Å². The molecule has 5 nitrogen and oxygen atoms in total. The molecule has 0 saturated heterocycles. The summed E-state index contributed by atoms with van der Waals surface area (Å²) in [5.74, 6) is -2.19. The molecule has 0 spiro atoms. The number of hydrogen-bond donors (Lipinski definition) is 3. The van der Waals surface area contributed by atoms with Gasteiger partial charge in [0, 0.05) is 13.1 Å². The minimum atomic E-state index is -1.30. The number of benzene rings is 1. The number of aromatic carboxylic acids is 1. The second-order valence-corrected chi connectivity index (χ2v) is 4.51. The number of carbonyl (C=O) groups is 2. The minimum Gasteiger partial charge on any atom is -0.478 e. The smallest absolute Gasteiger partial charge is 0.338 e. The Morgan fingerprint density at radius 3 is 2.65 bits per heavy atom. The molecule has 0 radical (unpaired) electrons. The molecule has 1 aromatic carbocycles. The second-order valence-electron chi connectivity index (χ2n) is 4.51. The van der Waals surface area contributed by atoms with Gasteiger partial charge in [-0.05, 0) is 31.0 Å². The predicted molar refractivity (Wildman–Crippen MR) is 73.0 cm³/mol. The Balaban J connectivity index is 2.55. The molecule has 1 unspecified atom stereocenters. The van der Waals surface area contributed by atoms with Gasteiger partial charge in [0.2, 0.25) is 5.91 Å². The molecule has 110 valence electrons. The number of carboxylic acids is 1. The first-order valence-corrected chi connectivity index (χ1v) is 6.48. The van der Waals surface area contributed by atoms with Crippen LogP contribution in [0.15, 0.2) is 18.2 Å². The average molecular weight is 282 g/mol. The van der Waals surface area contributed by atoms with Crippen LogP contribution in [0.2, 0.25) is 0 Å². The number of carboxylic acid groups (broad SMARTS) is 1. The predicted octanol–water partition coefficient (Wildman–Crippen LogP) is 1.53. The van der Waals surface area contributed by atoms with Gasteiger partial charge in [0.25, 0.3) is 0 Å². The van der Waals surface area contributed by atoms with E-state index in [0.717, 1.165) is 12.5 Å². The van der Waals surface area contributed by atoms with Crippen LogP contribution in [0, 0.1) is 5.82 Å². The maximum absolute atomic E-state index is 13.5. The van der Waals surface area contributed by atoms with E-state index in [-0.39, 0.29) is 18.0 Å². The maximum atomic E-state index is 13.5. The van der Waals surface area contributed by atoms with Gasteiger partial charge in [-0.15, -0.1) is 0 Å². The lowest BCUT2D eigenvalue weighted by Crippen LogP contribution is -2.42. The first-order valence-electron chi connectivity index (χ1n) is 6.48. The molecular weight excluding hydrogens is 263 g/mol. The van der Waals surface area contributed by atoms with Crippen molar-refractivity contribution in [1.29, 1.82) is 0 Å². The zero-order valence-electron chi connectivity index (χ0n) is 11.6. The van der Waals surface area contributed by atoms with E-state index in [1.165, 1.54) is 12.1 Å². The molecule has 0 aliphatic carbocycles. The van der Waals surface area contributed by atoms with Crippen LogP contribution in [0.1, 0.15) is 36.2 Å². The molecule has 0 heterocycles. The Labute approximate surface area is 117 Å². The van der Waals surface area contributed by atoms with Crippen molar-refractivity contribution >= 4 is 11.9 Å². The van der Waals surface area contributed by atoms with Gasteiger partial charge in [0.05, 0.1) is 11.6 Å². The quantitative estimate of drug-likeness (QED) is 0.708. The fourth-order valence-corrected chi connectivity index (χ4v) is 1.61. The largest absolute Gasteiger partial charge is 0.478 e. The van der Waals surface area contributed by atoms with Gasteiger partial charge in [0.15, 0.2) is 0 Å². The van der Waals surface area contributed by atoms with Crippen molar-refractivity contribution in [2.75, 3.05) is 6.54 Å². The third-order valence-electron chi connectivity index (χ3n) is 2.82. The van der Waals surface area contributed by atoms with E-state index in [9.17, 15) is 14.0 Å². The highest BCUT2D eigenvalue weighted by molar-refractivity contribution is 5.87. The molecule has 20 heavy (non-hydrogen) atoms. The van der Waals surface area contributed by atoms with Gasteiger partial charge in [-0.2, -0.15) is 0 Å². The summed E-state index contributed by atoms with van der Waals surface area (Å²) in [6, 6.07) is 3.50. The summed E-state index contributed by atoms with van der Waals surface area (Å²) in [5.41, 5.74) is 0.227. The topological polar surface area (TPSA) is 78.4 Å². The lowest BCUT2D eigenvalue weighted by atomic mass is 10.1. The van der Waals surface area contributed by atoms with Crippen LogP contribution in [0.5, 0.6) is 0 Å².